The van der Waals surface area contributed by atoms with Gasteiger partial charge in [0.05, 0.1) is 21.7 Å². The van der Waals surface area contributed by atoms with Gasteiger partial charge in [0.25, 0.3) is 0 Å². The van der Waals surface area contributed by atoms with E-state index >= 15 is 0 Å². The number of carbonyl (C=O) groups excluding carboxylic acids is 1. The maximum Gasteiger partial charge on any atom is 0.223 e. The van der Waals surface area contributed by atoms with E-state index in [2.05, 4.69) is 15.6 Å². The number of amides is 1. The molecule has 0 N–H and O–H groups in total. The Morgan fingerprint density at radius 1 is 1.03 bits per heavy atom. The van der Waals surface area contributed by atoms with Crippen molar-refractivity contribution in [3.63, 3.8) is 0 Å². The first-order chi connectivity index (χ1) is 14.4. The summed E-state index contributed by atoms with van der Waals surface area (Å²) in [6.45, 7) is 4.30. The zero-order chi connectivity index (χ0) is 21.1. The lowest BCUT2D eigenvalue weighted by molar-refractivity contribution is -0.132. The second-order valence-electron chi connectivity index (χ2n) is 7.96. The fourth-order valence-corrected chi connectivity index (χ4v) is 5.43. The quantitative estimate of drug-likeness (QED) is 0.606. The lowest BCUT2D eigenvalue weighted by Crippen LogP contribution is -2.40. The SMILES string of the molecule is Cc1nc2ccccc2n1CC1CCN(C(=O)CCS(=O)(=O)c2ccccc2)CC1. The van der Waals surface area contributed by atoms with Gasteiger partial charge >= 0.3 is 0 Å². The number of carbonyl (C=O) groups is 1. The van der Waals surface area contributed by atoms with E-state index in [0.29, 0.717) is 19.0 Å². The zero-order valence-corrected chi connectivity index (χ0v) is 18.0. The third-order valence-electron chi connectivity index (χ3n) is 5.94. The standard InChI is InChI=1S/C23H27N3O3S/c1-18-24-21-9-5-6-10-22(21)26(18)17-19-11-14-25(15-12-19)23(27)13-16-30(28,29)20-7-3-2-4-8-20/h2-10,19H,11-17H2,1H3. The summed E-state index contributed by atoms with van der Waals surface area (Å²) >= 11 is 0. The molecule has 2 heterocycles. The van der Waals surface area contributed by atoms with E-state index in [1.54, 1.807) is 30.3 Å². The van der Waals surface area contributed by atoms with Crippen LogP contribution in [0.5, 0.6) is 0 Å². The molecule has 3 aromatic rings. The molecule has 0 unspecified atom stereocenters. The predicted molar refractivity (Wildman–Crippen MR) is 117 cm³/mol. The number of rotatable bonds is 6. The molecule has 1 aliphatic rings. The smallest absolute Gasteiger partial charge is 0.223 e. The molecule has 1 aromatic heterocycles. The molecule has 0 spiro atoms. The molecule has 6 nitrogen and oxygen atoms in total. The van der Waals surface area contributed by atoms with E-state index in [-0.39, 0.29) is 23.0 Å². The number of hydrogen-bond donors (Lipinski definition) is 0. The van der Waals surface area contributed by atoms with Crippen LogP contribution in [0, 0.1) is 12.8 Å². The summed E-state index contributed by atoms with van der Waals surface area (Å²) in [5.41, 5.74) is 2.17. The Morgan fingerprint density at radius 3 is 2.43 bits per heavy atom. The maximum atomic E-state index is 12.6. The van der Waals surface area contributed by atoms with Crippen LogP contribution in [0.1, 0.15) is 25.1 Å². The maximum absolute atomic E-state index is 12.6. The average Bonchev–Trinajstić information content (AvgIpc) is 3.08. The Bertz CT molecular complexity index is 1130. The summed E-state index contributed by atoms with van der Waals surface area (Å²) in [5, 5.41) is 0. The highest BCUT2D eigenvalue weighted by molar-refractivity contribution is 7.91. The molecule has 7 heteroatoms. The highest BCUT2D eigenvalue weighted by atomic mass is 32.2. The Hall–Kier alpha value is -2.67. The summed E-state index contributed by atoms with van der Waals surface area (Å²) < 4.78 is 27.1. The Morgan fingerprint density at radius 2 is 1.70 bits per heavy atom. The third-order valence-corrected chi connectivity index (χ3v) is 7.67. The van der Waals surface area contributed by atoms with Crippen LogP contribution in [0.25, 0.3) is 11.0 Å². The fraction of sp³-hybridized carbons (Fsp3) is 0.391. The Labute approximate surface area is 177 Å². The minimum atomic E-state index is -3.42. The minimum Gasteiger partial charge on any atom is -0.343 e. The van der Waals surface area contributed by atoms with Crippen molar-refractivity contribution in [2.24, 2.45) is 5.92 Å². The van der Waals surface area contributed by atoms with Crippen molar-refractivity contribution in [3.05, 3.63) is 60.4 Å². The largest absolute Gasteiger partial charge is 0.343 e. The molecule has 158 valence electrons. The monoisotopic (exact) mass is 425 g/mol. The van der Waals surface area contributed by atoms with Gasteiger partial charge in [0.1, 0.15) is 5.82 Å². The number of sulfone groups is 1. The fourth-order valence-electron chi connectivity index (χ4n) is 4.18. The predicted octanol–water partition coefficient (Wildman–Crippen LogP) is 3.45. The first kappa shape index (κ1) is 20.6. The third kappa shape index (κ3) is 4.41. The number of piperidine rings is 1. The molecule has 0 bridgehead atoms. The van der Waals surface area contributed by atoms with Crippen LogP contribution in [-0.4, -0.2) is 47.6 Å². The molecule has 0 saturated carbocycles. The van der Waals surface area contributed by atoms with Crippen LogP contribution in [0.3, 0.4) is 0 Å². The van der Waals surface area contributed by atoms with Crippen LogP contribution in [0.4, 0.5) is 0 Å². The molecule has 0 atom stereocenters. The molecule has 1 amide bonds. The van der Waals surface area contributed by atoms with Crippen molar-refractivity contribution in [3.8, 4) is 0 Å². The summed E-state index contributed by atoms with van der Waals surface area (Å²) in [6, 6.07) is 16.5. The number of hydrogen-bond acceptors (Lipinski definition) is 4. The average molecular weight is 426 g/mol. The summed E-state index contributed by atoms with van der Waals surface area (Å²) in [6.07, 6.45) is 1.87. The lowest BCUT2D eigenvalue weighted by atomic mass is 9.96. The van der Waals surface area contributed by atoms with Crippen molar-refractivity contribution in [1.82, 2.24) is 14.5 Å². The van der Waals surface area contributed by atoms with E-state index in [4.69, 9.17) is 0 Å². The number of aromatic nitrogens is 2. The molecule has 2 aromatic carbocycles. The van der Waals surface area contributed by atoms with Crippen LogP contribution < -0.4 is 0 Å². The van der Waals surface area contributed by atoms with Crippen molar-refractivity contribution in [2.75, 3.05) is 18.8 Å². The number of imidazole rings is 1. The Balaban J connectivity index is 1.31. The summed E-state index contributed by atoms with van der Waals surface area (Å²) in [4.78, 5) is 19.3. The molecular weight excluding hydrogens is 398 g/mol. The highest BCUT2D eigenvalue weighted by Gasteiger charge is 2.25. The van der Waals surface area contributed by atoms with Gasteiger partial charge in [-0.25, -0.2) is 13.4 Å². The molecule has 0 radical (unpaired) electrons. The molecule has 1 fully saturated rings. The van der Waals surface area contributed by atoms with E-state index in [9.17, 15) is 13.2 Å². The van der Waals surface area contributed by atoms with E-state index in [0.717, 1.165) is 36.2 Å². The topological polar surface area (TPSA) is 72.3 Å². The van der Waals surface area contributed by atoms with Gasteiger partial charge in [0.15, 0.2) is 9.84 Å². The van der Waals surface area contributed by atoms with Gasteiger partial charge in [0.2, 0.25) is 5.91 Å². The molecule has 1 aliphatic heterocycles. The number of nitrogens with zero attached hydrogens (tertiary/aromatic N) is 3. The van der Waals surface area contributed by atoms with Gasteiger partial charge < -0.3 is 9.47 Å². The van der Waals surface area contributed by atoms with Crippen LogP contribution in [0.15, 0.2) is 59.5 Å². The highest BCUT2D eigenvalue weighted by Crippen LogP contribution is 2.24. The van der Waals surface area contributed by atoms with Crippen molar-refractivity contribution in [1.29, 1.82) is 0 Å². The number of para-hydroxylation sites is 2. The van der Waals surface area contributed by atoms with Gasteiger partial charge in [-0.05, 0) is 49.9 Å². The second-order valence-corrected chi connectivity index (χ2v) is 10.1. The van der Waals surface area contributed by atoms with Crippen LogP contribution in [-0.2, 0) is 21.2 Å². The number of benzene rings is 2. The van der Waals surface area contributed by atoms with Gasteiger partial charge in [-0.1, -0.05) is 30.3 Å². The van der Waals surface area contributed by atoms with E-state index in [1.807, 2.05) is 30.0 Å². The Kier molecular flexibility index (Phi) is 5.90. The zero-order valence-electron chi connectivity index (χ0n) is 17.2. The number of likely N-dealkylation sites (tertiary alicyclic amines) is 1. The molecule has 30 heavy (non-hydrogen) atoms. The minimum absolute atomic E-state index is 0.0349. The molecular formula is C23H27N3O3S. The van der Waals surface area contributed by atoms with Crippen molar-refractivity contribution < 1.29 is 13.2 Å². The van der Waals surface area contributed by atoms with Crippen molar-refractivity contribution in [2.45, 2.75) is 37.6 Å². The molecule has 1 saturated heterocycles. The van der Waals surface area contributed by atoms with E-state index < -0.39 is 9.84 Å². The van der Waals surface area contributed by atoms with Gasteiger partial charge in [-0.15, -0.1) is 0 Å². The second kappa shape index (κ2) is 8.60. The first-order valence-electron chi connectivity index (χ1n) is 10.4. The summed E-state index contributed by atoms with van der Waals surface area (Å²) in [7, 11) is -3.42. The number of fused-ring (bicyclic) bond motifs is 1. The van der Waals surface area contributed by atoms with Crippen LogP contribution >= 0.6 is 0 Å². The molecule has 0 aliphatic carbocycles. The van der Waals surface area contributed by atoms with E-state index in [1.165, 1.54) is 0 Å². The van der Waals surface area contributed by atoms with Gasteiger partial charge in [-0.3, -0.25) is 4.79 Å². The van der Waals surface area contributed by atoms with Crippen molar-refractivity contribution >= 4 is 26.8 Å². The van der Waals surface area contributed by atoms with Crippen LogP contribution in [0.2, 0.25) is 0 Å². The lowest BCUT2D eigenvalue weighted by Gasteiger charge is -2.32. The van der Waals surface area contributed by atoms with Gasteiger partial charge in [-0.2, -0.15) is 0 Å². The first-order valence-corrected chi connectivity index (χ1v) is 12.1. The number of aryl methyl sites for hydroxylation is 1. The van der Waals surface area contributed by atoms with Gasteiger partial charge in [0, 0.05) is 26.1 Å². The molecule has 4 rings (SSSR count). The normalized spacial score (nSPS) is 15.6. The summed E-state index contributed by atoms with van der Waals surface area (Å²) in [5.74, 6) is 1.28.